The number of rotatable bonds is 8. The summed E-state index contributed by atoms with van der Waals surface area (Å²) in [6.07, 6.45) is 3.90. The van der Waals surface area contributed by atoms with Crippen molar-refractivity contribution >= 4 is 0 Å². The molecule has 2 aromatic rings. The van der Waals surface area contributed by atoms with Crippen molar-refractivity contribution in [2.45, 2.75) is 78.4 Å². The standard InChI is InChI=1S/C23H32FNO2/c1-6-7-8-9-18-20(16-10-12-17(24)13-11-16)19(14-26)21(15(2)3)25-22(18)23(4,5)27/h10-13,15,26-27H,6-9,14H2,1-5H3. The van der Waals surface area contributed by atoms with Crippen LogP contribution >= 0.6 is 0 Å². The third-order valence-electron chi connectivity index (χ3n) is 4.88. The number of aliphatic hydroxyl groups is 2. The van der Waals surface area contributed by atoms with Crippen molar-refractivity contribution in [3.8, 4) is 11.1 Å². The van der Waals surface area contributed by atoms with Crippen LogP contribution in [0, 0.1) is 5.82 Å². The van der Waals surface area contributed by atoms with Gasteiger partial charge in [-0.2, -0.15) is 0 Å². The quantitative estimate of drug-likeness (QED) is 0.604. The van der Waals surface area contributed by atoms with E-state index in [1.54, 1.807) is 26.0 Å². The van der Waals surface area contributed by atoms with Crippen LogP contribution in [-0.4, -0.2) is 15.2 Å². The summed E-state index contributed by atoms with van der Waals surface area (Å²) in [4.78, 5) is 4.81. The number of hydrogen-bond donors (Lipinski definition) is 2. The summed E-state index contributed by atoms with van der Waals surface area (Å²) in [7, 11) is 0. The Morgan fingerprint density at radius 2 is 1.70 bits per heavy atom. The first-order chi connectivity index (χ1) is 12.7. The molecule has 0 saturated heterocycles. The largest absolute Gasteiger partial charge is 0.392 e. The van der Waals surface area contributed by atoms with Crippen LogP contribution in [0.15, 0.2) is 24.3 Å². The fourth-order valence-corrected chi connectivity index (χ4v) is 3.59. The van der Waals surface area contributed by atoms with E-state index in [-0.39, 0.29) is 18.3 Å². The molecule has 0 fully saturated rings. The van der Waals surface area contributed by atoms with Gasteiger partial charge in [-0.25, -0.2) is 4.39 Å². The summed E-state index contributed by atoms with van der Waals surface area (Å²) in [5.41, 5.74) is 3.80. The first-order valence-electron chi connectivity index (χ1n) is 9.85. The Morgan fingerprint density at radius 3 is 2.19 bits per heavy atom. The highest BCUT2D eigenvalue weighted by atomic mass is 19.1. The highest BCUT2D eigenvalue weighted by Gasteiger charge is 2.28. The molecule has 0 unspecified atom stereocenters. The Bertz CT molecular complexity index is 761. The molecule has 4 heteroatoms. The number of aliphatic hydroxyl groups excluding tert-OH is 1. The first kappa shape index (κ1) is 21.5. The molecular formula is C23H32FNO2. The van der Waals surface area contributed by atoms with Crippen LogP contribution in [0.4, 0.5) is 4.39 Å². The van der Waals surface area contributed by atoms with Crippen LogP contribution in [0.5, 0.6) is 0 Å². The molecule has 0 aliphatic rings. The molecule has 0 amide bonds. The van der Waals surface area contributed by atoms with Gasteiger partial charge in [0.25, 0.3) is 0 Å². The molecule has 1 aromatic carbocycles. The van der Waals surface area contributed by atoms with Gasteiger partial charge in [0.15, 0.2) is 0 Å². The molecule has 0 saturated carbocycles. The zero-order chi connectivity index (χ0) is 20.2. The molecule has 27 heavy (non-hydrogen) atoms. The first-order valence-corrected chi connectivity index (χ1v) is 9.85. The molecule has 1 aromatic heterocycles. The number of aromatic nitrogens is 1. The number of benzene rings is 1. The molecule has 0 aliphatic heterocycles. The van der Waals surface area contributed by atoms with E-state index in [9.17, 15) is 14.6 Å². The van der Waals surface area contributed by atoms with E-state index < -0.39 is 5.60 Å². The predicted octanol–water partition coefficient (Wildman–Crippen LogP) is 5.46. The van der Waals surface area contributed by atoms with Gasteiger partial charge < -0.3 is 10.2 Å². The summed E-state index contributed by atoms with van der Waals surface area (Å²) in [5, 5.41) is 21.0. The minimum atomic E-state index is -1.10. The molecule has 0 atom stereocenters. The maximum absolute atomic E-state index is 13.5. The third kappa shape index (κ3) is 4.94. The number of pyridine rings is 1. The summed E-state index contributed by atoms with van der Waals surface area (Å²) < 4.78 is 13.5. The van der Waals surface area contributed by atoms with Gasteiger partial charge in [0.05, 0.1) is 12.3 Å². The second-order valence-electron chi connectivity index (χ2n) is 8.01. The summed E-state index contributed by atoms with van der Waals surface area (Å²) >= 11 is 0. The van der Waals surface area contributed by atoms with Crippen LogP contribution in [0.1, 0.15) is 82.3 Å². The highest BCUT2D eigenvalue weighted by molar-refractivity contribution is 5.73. The van der Waals surface area contributed by atoms with E-state index in [2.05, 4.69) is 6.92 Å². The lowest BCUT2D eigenvalue weighted by Crippen LogP contribution is -2.23. The molecule has 2 N–H and O–H groups in total. The minimum Gasteiger partial charge on any atom is -0.392 e. The fourth-order valence-electron chi connectivity index (χ4n) is 3.59. The average Bonchev–Trinajstić information content (AvgIpc) is 2.60. The normalized spacial score (nSPS) is 12.0. The second-order valence-corrected chi connectivity index (χ2v) is 8.01. The molecule has 148 valence electrons. The summed E-state index contributed by atoms with van der Waals surface area (Å²) in [6.45, 7) is 9.56. The number of halogens is 1. The van der Waals surface area contributed by atoms with Crippen molar-refractivity contribution < 1.29 is 14.6 Å². The average molecular weight is 374 g/mol. The molecule has 1 heterocycles. The van der Waals surface area contributed by atoms with Gasteiger partial charge in [-0.1, -0.05) is 45.7 Å². The Hall–Kier alpha value is -1.78. The van der Waals surface area contributed by atoms with Crippen molar-refractivity contribution in [1.29, 1.82) is 0 Å². The molecule has 0 spiro atoms. The Balaban J connectivity index is 2.84. The van der Waals surface area contributed by atoms with Crippen LogP contribution in [0.3, 0.4) is 0 Å². The van der Waals surface area contributed by atoms with Crippen molar-refractivity contribution in [2.75, 3.05) is 0 Å². The zero-order valence-electron chi connectivity index (χ0n) is 17.1. The molecule has 0 radical (unpaired) electrons. The fraction of sp³-hybridized carbons (Fsp3) is 0.522. The van der Waals surface area contributed by atoms with E-state index in [0.717, 1.165) is 53.6 Å². The Labute approximate surface area is 162 Å². The lowest BCUT2D eigenvalue weighted by Gasteiger charge is -2.28. The molecular weight excluding hydrogens is 341 g/mol. The second kappa shape index (κ2) is 8.94. The van der Waals surface area contributed by atoms with Crippen LogP contribution < -0.4 is 0 Å². The topological polar surface area (TPSA) is 53.4 Å². The van der Waals surface area contributed by atoms with Crippen LogP contribution in [-0.2, 0) is 18.6 Å². The number of unbranched alkanes of at least 4 members (excludes halogenated alkanes) is 2. The Kier molecular flexibility index (Phi) is 7.12. The lowest BCUT2D eigenvalue weighted by atomic mass is 9.84. The van der Waals surface area contributed by atoms with E-state index in [4.69, 9.17) is 4.98 Å². The van der Waals surface area contributed by atoms with Gasteiger partial charge >= 0.3 is 0 Å². The van der Waals surface area contributed by atoms with E-state index >= 15 is 0 Å². The lowest BCUT2D eigenvalue weighted by molar-refractivity contribution is 0.0724. The van der Waals surface area contributed by atoms with E-state index in [1.807, 2.05) is 13.8 Å². The molecule has 2 rings (SSSR count). The monoisotopic (exact) mass is 373 g/mol. The minimum absolute atomic E-state index is 0.0946. The van der Waals surface area contributed by atoms with Gasteiger partial charge in [-0.05, 0) is 61.4 Å². The third-order valence-corrected chi connectivity index (χ3v) is 4.88. The number of nitrogens with zero attached hydrogens (tertiary/aromatic N) is 1. The van der Waals surface area contributed by atoms with E-state index in [1.165, 1.54) is 12.1 Å². The maximum Gasteiger partial charge on any atom is 0.123 e. The van der Waals surface area contributed by atoms with Crippen molar-refractivity contribution in [3.05, 3.63) is 52.6 Å². The molecule has 3 nitrogen and oxygen atoms in total. The SMILES string of the molecule is CCCCCc1c(C(C)(C)O)nc(C(C)C)c(CO)c1-c1ccc(F)cc1. The van der Waals surface area contributed by atoms with Crippen molar-refractivity contribution in [2.24, 2.45) is 0 Å². The summed E-state index contributed by atoms with van der Waals surface area (Å²) in [6, 6.07) is 6.36. The zero-order valence-corrected chi connectivity index (χ0v) is 17.1. The van der Waals surface area contributed by atoms with E-state index in [0.29, 0.717) is 5.69 Å². The highest BCUT2D eigenvalue weighted by Crippen LogP contribution is 2.38. The van der Waals surface area contributed by atoms with Gasteiger partial charge in [-0.3, -0.25) is 4.98 Å². The van der Waals surface area contributed by atoms with Gasteiger partial charge in [-0.15, -0.1) is 0 Å². The predicted molar refractivity (Wildman–Crippen MR) is 108 cm³/mol. The smallest absolute Gasteiger partial charge is 0.123 e. The van der Waals surface area contributed by atoms with Crippen molar-refractivity contribution in [1.82, 2.24) is 4.98 Å². The van der Waals surface area contributed by atoms with Crippen LogP contribution in [0.25, 0.3) is 11.1 Å². The van der Waals surface area contributed by atoms with Gasteiger partial charge in [0.1, 0.15) is 11.4 Å². The van der Waals surface area contributed by atoms with Gasteiger partial charge in [0, 0.05) is 11.3 Å². The molecule has 0 aliphatic carbocycles. The molecule has 0 bridgehead atoms. The Morgan fingerprint density at radius 1 is 1.07 bits per heavy atom. The van der Waals surface area contributed by atoms with Crippen LogP contribution in [0.2, 0.25) is 0 Å². The maximum atomic E-state index is 13.5. The number of hydrogen-bond acceptors (Lipinski definition) is 3. The summed E-state index contributed by atoms with van der Waals surface area (Å²) in [5.74, 6) is -0.199. The van der Waals surface area contributed by atoms with Gasteiger partial charge in [0.2, 0.25) is 0 Å². The van der Waals surface area contributed by atoms with Crippen molar-refractivity contribution in [3.63, 3.8) is 0 Å².